The molecule has 0 bridgehead atoms. The van der Waals surface area contributed by atoms with Crippen molar-refractivity contribution in [2.75, 3.05) is 11.1 Å². The Morgan fingerprint density at radius 2 is 2.47 bits per heavy atom. The van der Waals surface area contributed by atoms with Crippen molar-refractivity contribution in [1.82, 2.24) is 25.0 Å². The van der Waals surface area contributed by atoms with Crippen molar-refractivity contribution in [1.29, 1.82) is 0 Å². The van der Waals surface area contributed by atoms with Gasteiger partial charge in [-0.3, -0.25) is 9.89 Å². The van der Waals surface area contributed by atoms with Crippen LogP contribution in [0.4, 0.5) is 5.82 Å². The van der Waals surface area contributed by atoms with Gasteiger partial charge in [-0.05, 0) is 19.8 Å². The predicted molar refractivity (Wildman–Crippen MR) is 71.0 cm³/mol. The first-order valence-electron chi connectivity index (χ1n) is 6.06. The summed E-state index contributed by atoms with van der Waals surface area (Å²) in [5.41, 5.74) is 0.916. The summed E-state index contributed by atoms with van der Waals surface area (Å²) >= 11 is 1.40. The molecule has 0 spiro atoms. The van der Waals surface area contributed by atoms with Crippen molar-refractivity contribution in [2.24, 2.45) is 0 Å². The molecule has 0 saturated heterocycles. The molecule has 1 aliphatic rings. The minimum absolute atomic E-state index is 0.0808. The average molecular weight is 278 g/mol. The number of carbonyl (C=O) groups excluding carboxylic acids is 1. The lowest BCUT2D eigenvalue weighted by molar-refractivity contribution is -0.113. The quantitative estimate of drug-likeness (QED) is 0.806. The fourth-order valence-electron chi connectivity index (χ4n) is 1.72. The van der Waals surface area contributed by atoms with Gasteiger partial charge in [0.15, 0.2) is 5.16 Å². The van der Waals surface area contributed by atoms with Gasteiger partial charge in [0.25, 0.3) is 0 Å². The molecule has 0 aromatic carbocycles. The monoisotopic (exact) mass is 278 g/mol. The standard InChI is InChI=1S/C11H14N6OS/c1-7-4-12-15-10(7)14-9(18)5-19-11-16-13-6-17(11)8-2-3-8/h4,6,8H,2-3,5H2,1H3,(H2,12,14,15,18). The van der Waals surface area contributed by atoms with E-state index in [9.17, 15) is 4.79 Å². The first kappa shape index (κ1) is 12.2. The minimum Gasteiger partial charge on any atom is -0.310 e. The van der Waals surface area contributed by atoms with Crippen molar-refractivity contribution in [3.63, 3.8) is 0 Å². The van der Waals surface area contributed by atoms with Gasteiger partial charge < -0.3 is 9.88 Å². The second kappa shape index (κ2) is 5.04. The maximum absolute atomic E-state index is 11.8. The van der Waals surface area contributed by atoms with Crippen LogP contribution in [0.3, 0.4) is 0 Å². The molecule has 2 aromatic rings. The van der Waals surface area contributed by atoms with E-state index < -0.39 is 0 Å². The number of amides is 1. The van der Waals surface area contributed by atoms with E-state index in [1.165, 1.54) is 24.6 Å². The third kappa shape index (κ3) is 2.78. The van der Waals surface area contributed by atoms with E-state index in [1.54, 1.807) is 12.5 Å². The first-order valence-corrected chi connectivity index (χ1v) is 7.04. The van der Waals surface area contributed by atoms with E-state index >= 15 is 0 Å². The van der Waals surface area contributed by atoms with Crippen LogP contribution >= 0.6 is 11.8 Å². The van der Waals surface area contributed by atoms with Gasteiger partial charge in [0.2, 0.25) is 5.91 Å². The predicted octanol–water partition coefficient (Wildman–Crippen LogP) is 1.38. The zero-order valence-electron chi connectivity index (χ0n) is 10.5. The number of aromatic nitrogens is 5. The molecule has 0 atom stereocenters. The summed E-state index contributed by atoms with van der Waals surface area (Å²) < 4.78 is 2.04. The van der Waals surface area contributed by atoms with Crippen LogP contribution in [0, 0.1) is 6.92 Å². The highest BCUT2D eigenvalue weighted by molar-refractivity contribution is 7.99. The zero-order chi connectivity index (χ0) is 13.2. The van der Waals surface area contributed by atoms with Crippen LogP contribution in [0.5, 0.6) is 0 Å². The molecule has 0 radical (unpaired) electrons. The van der Waals surface area contributed by atoms with Gasteiger partial charge in [0, 0.05) is 11.6 Å². The molecule has 8 heteroatoms. The molecule has 1 amide bonds. The van der Waals surface area contributed by atoms with Crippen LogP contribution in [-0.4, -0.2) is 36.6 Å². The molecular weight excluding hydrogens is 264 g/mol. The number of anilines is 1. The van der Waals surface area contributed by atoms with Gasteiger partial charge >= 0.3 is 0 Å². The van der Waals surface area contributed by atoms with Gasteiger partial charge in [-0.1, -0.05) is 11.8 Å². The van der Waals surface area contributed by atoms with E-state index in [0.717, 1.165) is 10.7 Å². The van der Waals surface area contributed by atoms with Gasteiger partial charge in [-0.25, -0.2) is 0 Å². The minimum atomic E-state index is -0.0808. The van der Waals surface area contributed by atoms with Crippen molar-refractivity contribution < 1.29 is 4.79 Å². The molecule has 7 nitrogen and oxygen atoms in total. The SMILES string of the molecule is Cc1cn[nH]c1NC(=O)CSc1nncn1C1CC1. The lowest BCUT2D eigenvalue weighted by Gasteiger charge is -2.05. The van der Waals surface area contributed by atoms with Crippen LogP contribution in [-0.2, 0) is 4.79 Å². The van der Waals surface area contributed by atoms with Crippen LogP contribution in [0.25, 0.3) is 0 Å². The van der Waals surface area contributed by atoms with Gasteiger partial charge in [0.1, 0.15) is 12.1 Å². The lowest BCUT2D eigenvalue weighted by Crippen LogP contribution is -2.15. The lowest BCUT2D eigenvalue weighted by atomic mass is 10.4. The number of carbonyl (C=O) groups is 1. The highest BCUT2D eigenvalue weighted by Crippen LogP contribution is 2.37. The number of nitrogens with one attached hydrogen (secondary N) is 2. The molecule has 2 aromatic heterocycles. The Bertz CT molecular complexity index is 588. The van der Waals surface area contributed by atoms with Gasteiger partial charge in [-0.15, -0.1) is 10.2 Å². The van der Waals surface area contributed by atoms with Gasteiger partial charge in [0.05, 0.1) is 11.9 Å². The van der Waals surface area contributed by atoms with Crippen molar-refractivity contribution >= 4 is 23.5 Å². The molecular formula is C11H14N6OS. The molecule has 2 heterocycles. The van der Waals surface area contributed by atoms with Crippen LogP contribution in [0.2, 0.25) is 0 Å². The highest BCUT2D eigenvalue weighted by atomic mass is 32.2. The molecule has 1 fully saturated rings. The summed E-state index contributed by atoms with van der Waals surface area (Å²) in [7, 11) is 0. The number of thioether (sulfide) groups is 1. The average Bonchev–Trinajstić information content (AvgIpc) is 3.00. The largest absolute Gasteiger partial charge is 0.310 e. The Kier molecular flexibility index (Phi) is 3.24. The van der Waals surface area contributed by atoms with Crippen molar-refractivity contribution in [3.8, 4) is 0 Å². The number of nitrogens with zero attached hydrogens (tertiary/aromatic N) is 4. The van der Waals surface area contributed by atoms with Crippen LogP contribution < -0.4 is 5.32 Å². The molecule has 0 unspecified atom stereocenters. The molecule has 1 aliphatic carbocycles. The van der Waals surface area contributed by atoms with E-state index in [1.807, 2.05) is 11.5 Å². The normalized spacial score (nSPS) is 14.6. The molecule has 1 saturated carbocycles. The Balaban J connectivity index is 1.55. The molecule has 19 heavy (non-hydrogen) atoms. The summed E-state index contributed by atoms with van der Waals surface area (Å²) in [6, 6.07) is 0.524. The molecule has 3 rings (SSSR count). The summed E-state index contributed by atoms with van der Waals surface area (Å²) in [5.74, 6) is 0.876. The third-order valence-corrected chi connectivity index (χ3v) is 3.86. The Hall–Kier alpha value is -1.83. The number of aromatic amines is 1. The van der Waals surface area contributed by atoms with E-state index in [2.05, 4.69) is 25.7 Å². The summed E-state index contributed by atoms with van der Waals surface area (Å²) in [4.78, 5) is 11.8. The first-order chi connectivity index (χ1) is 9.24. The maximum atomic E-state index is 11.8. The van der Waals surface area contributed by atoms with Crippen molar-refractivity contribution in [3.05, 3.63) is 18.1 Å². The summed E-state index contributed by atoms with van der Waals surface area (Å²) in [6.45, 7) is 1.88. The van der Waals surface area contributed by atoms with Crippen LogP contribution in [0.1, 0.15) is 24.4 Å². The van der Waals surface area contributed by atoms with E-state index in [-0.39, 0.29) is 5.91 Å². The number of hydrogen-bond acceptors (Lipinski definition) is 5. The number of hydrogen-bond donors (Lipinski definition) is 2. The smallest absolute Gasteiger partial charge is 0.235 e. The van der Waals surface area contributed by atoms with E-state index in [4.69, 9.17) is 0 Å². The second-order valence-corrected chi connectivity index (χ2v) is 5.46. The fourth-order valence-corrected chi connectivity index (χ4v) is 2.50. The molecule has 100 valence electrons. The third-order valence-electron chi connectivity index (χ3n) is 2.91. The highest BCUT2D eigenvalue weighted by Gasteiger charge is 2.26. The number of rotatable bonds is 5. The number of aryl methyl sites for hydroxylation is 1. The number of H-pyrrole nitrogens is 1. The molecule has 0 aliphatic heterocycles. The molecule has 2 N–H and O–H groups in total. The van der Waals surface area contributed by atoms with Gasteiger partial charge in [-0.2, -0.15) is 5.10 Å². The van der Waals surface area contributed by atoms with E-state index in [0.29, 0.717) is 17.6 Å². The maximum Gasteiger partial charge on any atom is 0.235 e. The Morgan fingerprint density at radius 1 is 1.63 bits per heavy atom. The topological polar surface area (TPSA) is 88.5 Å². The van der Waals surface area contributed by atoms with Crippen molar-refractivity contribution in [2.45, 2.75) is 31.0 Å². The second-order valence-electron chi connectivity index (χ2n) is 4.52. The Labute approximate surface area is 114 Å². The zero-order valence-corrected chi connectivity index (χ0v) is 11.3. The summed E-state index contributed by atoms with van der Waals surface area (Å²) in [6.07, 6.45) is 5.75. The van der Waals surface area contributed by atoms with Crippen LogP contribution in [0.15, 0.2) is 17.7 Å². The summed E-state index contributed by atoms with van der Waals surface area (Å²) in [5, 5.41) is 18.1. The fraction of sp³-hybridized carbons (Fsp3) is 0.455. The Morgan fingerprint density at radius 3 is 3.16 bits per heavy atom.